The van der Waals surface area contributed by atoms with E-state index in [1.54, 1.807) is 0 Å². The number of fused-ring (bicyclic) bond motifs is 1. The second kappa shape index (κ2) is 5.11. The van der Waals surface area contributed by atoms with Crippen LogP contribution in [0.25, 0.3) is 0 Å². The topological polar surface area (TPSA) is 12.0 Å². The van der Waals surface area contributed by atoms with Crippen molar-refractivity contribution in [2.75, 3.05) is 0 Å². The number of nitrogens with one attached hydrogen (secondary N) is 1. The third-order valence-electron chi connectivity index (χ3n) is 3.37. The summed E-state index contributed by atoms with van der Waals surface area (Å²) >= 11 is 3.93. The molecule has 1 N–H and O–H groups in total. The van der Waals surface area contributed by atoms with Gasteiger partial charge < -0.3 is 5.32 Å². The summed E-state index contributed by atoms with van der Waals surface area (Å²) in [6.45, 7) is 9.20. The normalized spacial score (nSPS) is 26.8. The third-order valence-corrected chi connectivity index (χ3v) is 5.72. The van der Waals surface area contributed by atoms with Crippen molar-refractivity contribution in [3.8, 4) is 0 Å². The van der Waals surface area contributed by atoms with Crippen LogP contribution in [0.5, 0.6) is 0 Å². The molecule has 2 heterocycles. The predicted octanol–water partition coefficient (Wildman–Crippen LogP) is 4.31. The first-order valence-corrected chi connectivity index (χ1v) is 7.84. The lowest BCUT2D eigenvalue weighted by atomic mass is 10.00. The van der Waals surface area contributed by atoms with E-state index in [-0.39, 0.29) is 0 Å². The Morgan fingerprint density at radius 1 is 1.38 bits per heavy atom. The molecule has 16 heavy (non-hydrogen) atoms. The van der Waals surface area contributed by atoms with Crippen LogP contribution >= 0.6 is 23.1 Å². The second-order valence-corrected chi connectivity index (χ2v) is 7.70. The van der Waals surface area contributed by atoms with Crippen LogP contribution < -0.4 is 5.32 Å². The first kappa shape index (κ1) is 12.5. The van der Waals surface area contributed by atoms with Crippen LogP contribution in [0.3, 0.4) is 0 Å². The summed E-state index contributed by atoms with van der Waals surface area (Å²) in [4.78, 5) is 0. The van der Waals surface area contributed by atoms with Crippen LogP contribution in [0.1, 0.15) is 45.7 Å². The number of thiophene rings is 1. The van der Waals surface area contributed by atoms with E-state index in [1.165, 1.54) is 16.2 Å². The van der Waals surface area contributed by atoms with Gasteiger partial charge in [-0.15, -0.1) is 23.1 Å². The van der Waals surface area contributed by atoms with Gasteiger partial charge in [0.1, 0.15) is 0 Å². The van der Waals surface area contributed by atoms with Crippen molar-refractivity contribution in [2.24, 2.45) is 5.92 Å². The molecule has 0 aromatic carbocycles. The molecular weight excluding hydrogens is 234 g/mol. The molecule has 3 heteroatoms. The number of rotatable bonds is 3. The zero-order valence-electron chi connectivity index (χ0n) is 10.5. The molecule has 0 amide bonds. The first-order valence-electron chi connectivity index (χ1n) is 6.08. The lowest BCUT2D eigenvalue weighted by Gasteiger charge is -2.31. The molecule has 0 bridgehead atoms. The van der Waals surface area contributed by atoms with Gasteiger partial charge in [-0.1, -0.05) is 20.8 Å². The number of hydrogen-bond donors (Lipinski definition) is 1. The Morgan fingerprint density at radius 2 is 2.12 bits per heavy atom. The monoisotopic (exact) mass is 255 g/mol. The summed E-state index contributed by atoms with van der Waals surface area (Å²) in [6.07, 6.45) is 1.26. The molecule has 0 spiro atoms. The Bertz CT molecular complexity index is 345. The maximum atomic E-state index is 3.78. The number of thioether (sulfide) groups is 1. The van der Waals surface area contributed by atoms with Gasteiger partial charge in [-0.2, -0.15) is 0 Å². The quantitative estimate of drug-likeness (QED) is 0.864. The molecule has 1 aliphatic rings. The van der Waals surface area contributed by atoms with Crippen LogP contribution in [0.15, 0.2) is 15.7 Å². The van der Waals surface area contributed by atoms with Crippen LogP contribution in [-0.4, -0.2) is 11.3 Å². The van der Waals surface area contributed by atoms with Gasteiger partial charge >= 0.3 is 0 Å². The van der Waals surface area contributed by atoms with E-state index >= 15 is 0 Å². The molecule has 0 fully saturated rings. The van der Waals surface area contributed by atoms with E-state index in [9.17, 15) is 0 Å². The standard InChI is InChI=1S/C13H21NS2/c1-8(2)10(4)14-12-7-9(3)16-13-11(12)5-6-15-13/h5-6,8-10,12,14H,7H2,1-4H3/t9-,10?,12?/m0/s1. The molecule has 0 saturated carbocycles. The van der Waals surface area contributed by atoms with Crippen molar-refractivity contribution < 1.29 is 0 Å². The van der Waals surface area contributed by atoms with Gasteiger partial charge in [0.25, 0.3) is 0 Å². The fourth-order valence-corrected chi connectivity index (χ4v) is 4.58. The van der Waals surface area contributed by atoms with E-state index in [0.29, 0.717) is 18.0 Å². The maximum absolute atomic E-state index is 3.78. The highest BCUT2D eigenvalue weighted by molar-refractivity contribution is 8.01. The smallest absolute Gasteiger partial charge is 0.0649 e. The third kappa shape index (κ3) is 2.63. The van der Waals surface area contributed by atoms with Crippen molar-refractivity contribution >= 4 is 23.1 Å². The van der Waals surface area contributed by atoms with E-state index in [1.807, 2.05) is 23.1 Å². The van der Waals surface area contributed by atoms with E-state index in [4.69, 9.17) is 0 Å². The fourth-order valence-electron chi connectivity index (χ4n) is 2.02. The van der Waals surface area contributed by atoms with Crippen LogP contribution in [-0.2, 0) is 0 Å². The van der Waals surface area contributed by atoms with Gasteiger partial charge in [-0.05, 0) is 36.3 Å². The van der Waals surface area contributed by atoms with Gasteiger partial charge in [-0.3, -0.25) is 0 Å². The molecule has 1 aromatic rings. The van der Waals surface area contributed by atoms with Gasteiger partial charge in [0.05, 0.1) is 4.21 Å². The summed E-state index contributed by atoms with van der Waals surface area (Å²) in [5.41, 5.74) is 1.53. The van der Waals surface area contributed by atoms with E-state index < -0.39 is 0 Å². The average molecular weight is 255 g/mol. The molecule has 1 aliphatic heterocycles. The maximum Gasteiger partial charge on any atom is 0.0649 e. The molecule has 0 aliphatic carbocycles. The Kier molecular flexibility index (Phi) is 3.98. The molecule has 1 nitrogen and oxygen atoms in total. The Morgan fingerprint density at radius 3 is 2.81 bits per heavy atom. The van der Waals surface area contributed by atoms with Gasteiger partial charge in [-0.25, -0.2) is 0 Å². The van der Waals surface area contributed by atoms with Crippen LogP contribution in [0, 0.1) is 5.92 Å². The highest BCUT2D eigenvalue weighted by atomic mass is 32.2. The Labute approximate surface area is 107 Å². The van der Waals surface area contributed by atoms with Crippen molar-refractivity contribution in [1.29, 1.82) is 0 Å². The first-order chi connectivity index (χ1) is 7.58. The van der Waals surface area contributed by atoms with Gasteiger partial charge in [0.2, 0.25) is 0 Å². The SMILES string of the molecule is CC(C)C(C)NC1C[C@H](C)Sc2sccc21. The van der Waals surface area contributed by atoms with Crippen molar-refractivity contribution in [2.45, 2.75) is 55.7 Å². The summed E-state index contributed by atoms with van der Waals surface area (Å²) in [7, 11) is 0. The summed E-state index contributed by atoms with van der Waals surface area (Å²) in [5.74, 6) is 0.701. The number of hydrogen-bond acceptors (Lipinski definition) is 3. The molecular formula is C13H21NS2. The summed E-state index contributed by atoms with van der Waals surface area (Å²) < 4.78 is 1.52. The van der Waals surface area contributed by atoms with Crippen molar-refractivity contribution in [1.82, 2.24) is 5.32 Å². The molecule has 90 valence electrons. The molecule has 0 radical (unpaired) electrons. The average Bonchev–Trinajstić information content (AvgIpc) is 2.65. The zero-order valence-corrected chi connectivity index (χ0v) is 12.1. The molecule has 3 atom stereocenters. The van der Waals surface area contributed by atoms with Crippen molar-refractivity contribution in [3.05, 3.63) is 17.0 Å². The minimum Gasteiger partial charge on any atom is -0.307 e. The minimum atomic E-state index is 0.565. The molecule has 2 rings (SSSR count). The van der Waals surface area contributed by atoms with Gasteiger partial charge in [0.15, 0.2) is 0 Å². The largest absolute Gasteiger partial charge is 0.307 e. The Hall–Kier alpha value is 0.0100. The Balaban J connectivity index is 2.11. The van der Waals surface area contributed by atoms with Crippen LogP contribution in [0.4, 0.5) is 0 Å². The van der Waals surface area contributed by atoms with Crippen LogP contribution in [0.2, 0.25) is 0 Å². The second-order valence-electron chi connectivity index (χ2n) is 5.08. The summed E-state index contributed by atoms with van der Waals surface area (Å²) in [6, 6.07) is 3.45. The summed E-state index contributed by atoms with van der Waals surface area (Å²) in [5, 5.41) is 6.75. The van der Waals surface area contributed by atoms with Crippen molar-refractivity contribution in [3.63, 3.8) is 0 Å². The molecule has 1 aromatic heterocycles. The highest BCUT2D eigenvalue weighted by Gasteiger charge is 2.27. The van der Waals surface area contributed by atoms with E-state index in [0.717, 1.165) is 5.25 Å². The lowest BCUT2D eigenvalue weighted by molar-refractivity contribution is 0.360. The van der Waals surface area contributed by atoms with E-state index in [2.05, 4.69) is 44.5 Å². The highest BCUT2D eigenvalue weighted by Crippen LogP contribution is 2.43. The predicted molar refractivity (Wildman–Crippen MR) is 74.4 cm³/mol. The molecule has 2 unspecified atom stereocenters. The minimum absolute atomic E-state index is 0.565. The fraction of sp³-hybridized carbons (Fsp3) is 0.692. The zero-order chi connectivity index (χ0) is 11.7. The lowest BCUT2D eigenvalue weighted by Crippen LogP contribution is -2.36. The molecule has 0 saturated heterocycles. The van der Waals surface area contributed by atoms with Gasteiger partial charge in [0, 0.05) is 17.3 Å².